The van der Waals surface area contributed by atoms with Crippen LogP contribution in [0.1, 0.15) is 30.5 Å². The highest BCUT2D eigenvalue weighted by Gasteiger charge is 2.18. The van der Waals surface area contributed by atoms with Crippen LogP contribution in [0.15, 0.2) is 59.5 Å². The van der Waals surface area contributed by atoms with E-state index in [-0.39, 0.29) is 6.04 Å². The first-order valence-corrected chi connectivity index (χ1v) is 6.99. The Hall–Kier alpha value is -2.13. The second-order valence-corrected chi connectivity index (χ2v) is 4.86. The van der Waals surface area contributed by atoms with Gasteiger partial charge in [0.25, 0.3) is 0 Å². The zero-order chi connectivity index (χ0) is 13.8. The van der Waals surface area contributed by atoms with Crippen molar-refractivity contribution in [3.63, 3.8) is 0 Å². The van der Waals surface area contributed by atoms with E-state index in [1.54, 1.807) is 6.20 Å². The number of benzene rings is 1. The van der Waals surface area contributed by atoms with Crippen molar-refractivity contribution in [1.29, 1.82) is 0 Å². The van der Waals surface area contributed by atoms with E-state index in [1.807, 2.05) is 36.7 Å². The molecule has 20 heavy (non-hydrogen) atoms. The Bertz CT molecular complexity index is 676. The van der Waals surface area contributed by atoms with Crippen LogP contribution in [0.3, 0.4) is 0 Å². The SMILES string of the molecule is CCCNC(c1cccnc1)c1coc2ccccc12. The van der Waals surface area contributed by atoms with Gasteiger partial charge in [-0.15, -0.1) is 0 Å². The molecule has 102 valence electrons. The summed E-state index contributed by atoms with van der Waals surface area (Å²) in [5.41, 5.74) is 3.25. The Morgan fingerprint density at radius 3 is 2.90 bits per heavy atom. The van der Waals surface area contributed by atoms with Crippen molar-refractivity contribution in [2.45, 2.75) is 19.4 Å². The quantitative estimate of drug-likeness (QED) is 0.760. The lowest BCUT2D eigenvalue weighted by atomic mass is 9.99. The molecule has 0 aliphatic heterocycles. The highest BCUT2D eigenvalue weighted by molar-refractivity contribution is 5.81. The van der Waals surface area contributed by atoms with Crippen LogP contribution in [-0.2, 0) is 0 Å². The van der Waals surface area contributed by atoms with Crippen molar-refractivity contribution < 1.29 is 4.42 Å². The Morgan fingerprint density at radius 1 is 1.20 bits per heavy atom. The van der Waals surface area contributed by atoms with Gasteiger partial charge in [0, 0.05) is 23.3 Å². The van der Waals surface area contributed by atoms with E-state index >= 15 is 0 Å². The second-order valence-electron chi connectivity index (χ2n) is 4.86. The highest BCUT2D eigenvalue weighted by atomic mass is 16.3. The summed E-state index contributed by atoms with van der Waals surface area (Å²) in [5, 5.41) is 4.74. The third-order valence-corrected chi connectivity index (χ3v) is 3.44. The molecule has 0 spiro atoms. The van der Waals surface area contributed by atoms with E-state index in [2.05, 4.69) is 29.4 Å². The maximum atomic E-state index is 5.67. The van der Waals surface area contributed by atoms with Crippen molar-refractivity contribution >= 4 is 11.0 Å². The lowest BCUT2D eigenvalue weighted by Gasteiger charge is -2.17. The van der Waals surface area contributed by atoms with Gasteiger partial charge in [0.15, 0.2) is 0 Å². The zero-order valence-corrected chi connectivity index (χ0v) is 11.5. The smallest absolute Gasteiger partial charge is 0.134 e. The van der Waals surface area contributed by atoms with Gasteiger partial charge in [0.1, 0.15) is 5.58 Å². The molecule has 2 aromatic heterocycles. The minimum atomic E-state index is 0.118. The average Bonchev–Trinajstić information content (AvgIpc) is 2.93. The Morgan fingerprint density at radius 2 is 2.10 bits per heavy atom. The van der Waals surface area contributed by atoms with Crippen molar-refractivity contribution in [2.24, 2.45) is 0 Å². The summed E-state index contributed by atoms with van der Waals surface area (Å²) in [6, 6.07) is 12.3. The number of aromatic nitrogens is 1. The van der Waals surface area contributed by atoms with Crippen LogP contribution in [0.5, 0.6) is 0 Å². The van der Waals surface area contributed by atoms with Crippen LogP contribution >= 0.6 is 0 Å². The number of nitrogens with zero attached hydrogens (tertiary/aromatic N) is 1. The molecule has 3 rings (SSSR count). The molecule has 0 aliphatic rings. The Balaban J connectivity index is 2.05. The van der Waals surface area contributed by atoms with E-state index < -0.39 is 0 Å². The third kappa shape index (κ3) is 2.45. The first kappa shape index (κ1) is 12.9. The number of pyridine rings is 1. The van der Waals surface area contributed by atoms with E-state index in [0.29, 0.717) is 0 Å². The summed E-state index contributed by atoms with van der Waals surface area (Å²) < 4.78 is 5.67. The first-order valence-electron chi connectivity index (χ1n) is 6.99. The number of fused-ring (bicyclic) bond motifs is 1. The molecule has 1 unspecified atom stereocenters. The zero-order valence-electron chi connectivity index (χ0n) is 11.5. The fourth-order valence-electron chi connectivity index (χ4n) is 2.46. The van der Waals surface area contributed by atoms with Crippen molar-refractivity contribution in [1.82, 2.24) is 10.3 Å². The molecule has 3 heteroatoms. The summed E-state index contributed by atoms with van der Waals surface area (Å²) in [4.78, 5) is 4.23. The van der Waals surface area contributed by atoms with Crippen LogP contribution < -0.4 is 5.32 Å². The summed E-state index contributed by atoms with van der Waals surface area (Å²) in [5.74, 6) is 0. The predicted molar refractivity (Wildman–Crippen MR) is 80.6 cm³/mol. The number of hydrogen-bond donors (Lipinski definition) is 1. The lowest BCUT2D eigenvalue weighted by molar-refractivity contribution is 0.571. The molecular weight excluding hydrogens is 248 g/mol. The van der Waals surface area contributed by atoms with Gasteiger partial charge in [-0.05, 0) is 30.7 Å². The van der Waals surface area contributed by atoms with E-state index in [1.165, 1.54) is 5.56 Å². The summed E-state index contributed by atoms with van der Waals surface area (Å²) in [6.07, 6.45) is 6.65. The molecule has 1 aromatic carbocycles. The van der Waals surface area contributed by atoms with Crippen molar-refractivity contribution in [3.8, 4) is 0 Å². The summed E-state index contributed by atoms with van der Waals surface area (Å²) >= 11 is 0. The lowest BCUT2D eigenvalue weighted by Crippen LogP contribution is -2.23. The van der Waals surface area contributed by atoms with Crippen LogP contribution in [0, 0.1) is 0 Å². The van der Waals surface area contributed by atoms with Gasteiger partial charge in [-0.25, -0.2) is 0 Å². The standard InChI is InChI=1S/C17H18N2O/c1-2-9-19-17(13-6-5-10-18-11-13)15-12-20-16-8-4-3-7-14(15)16/h3-8,10-12,17,19H,2,9H2,1H3. The molecule has 2 heterocycles. The Kier molecular flexibility index (Phi) is 3.79. The topological polar surface area (TPSA) is 38.1 Å². The number of para-hydroxylation sites is 1. The fraction of sp³-hybridized carbons (Fsp3) is 0.235. The second kappa shape index (κ2) is 5.88. The number of furan rings is 1. The molecule has 0 saturated carbocycles. The molecule has 1 atom stereocenters. The maximum absolute atomic E-state index is 5.67. The molecular formula is C17H18N2O. The molecule has 0 amide bonds. The largest absolute Gasteiger partial charge is 0.464 e. The molecule has 0 aliphatic carbocycles. The maximum Gasteiger partial charge on any atom is 0.134 e. The van der Waals surface area contributed by atoms with Gasteiger partial charge in [0.05, 0.1) is 12.3 Å². The summed E-state index contributed by atoms with van der Waals surface area (Å²) in [6.45, 7) is 3.12. The van der Waals surface area contributed by atoms with Gasteiger partial charge in [-0.2, -0.15) is 0 Å². The van der Waals surface area contributed by atoms with E-state index in [0.717, 1.165) is 29.5 Å². The normalized spacial score (nSPS) is 12.7. The number of nitrogens with one attached hydrogen (secondary N) is 1. The van der Waals surface area contributed by atoms with Gasteiger partial charge in [-0.1, -0.05) is 31.2 Å². The number of rotatable bonds is 5. The average molecular weight is 266 g/mol. The highest BCUT2D eigenvalue weighted by Crippen LogP contribution is 2.30. The molecule has 0 radical (unpaired) electrons. The Labute approximate surface area is 118 Å². The monoisotopic (exact) mass is 266 g/mol. The molecule has 3 nitrogen and oxygen atoms in total. The van der Waals surface area contributed by atoms with Crippen molar-refractivity contribution in [3.05, 3.63) is 66.2 Å². The molecule has 1 N–H and O–H groups in total. The van der Waals surface area contributed by atoms with E-state index in [4.69, 9.17) is 4.42 Å². The molecule has 0 fully saturated rings. The summed E-state index contributed by atoms with van der Waals surface area (Å²) in [7, 11) is 0. The molecule has 3 aromatic rings. The van der Waals surface area contributed by atoms with E-state index in [9.17, 15) is 0 Å². The van der Waals surface area contributed by atoms with Crippen LogP contribution in [0.25, 0.3) is 11.0 Å². The van der Waals surface area contributed by atoms with Crippen molar-refractivity contribution in [2.75, 3.05) is 6.54 Å². The first-order chi connectivity index (χ1) is 9.90. The van der Waals surface area contributed by atoms with Crippen LogP contribution in [-0.4, -0.2) is 11.5 Å². The minimum Gasteiger partial charge on any atom is -0.464 e. The van der Waals surface area contributed by atoms with Gasteiger partial charge >= 0.3 is 0 Å². The fourth-order valence-corrected chi connectivity index (χ4v) is 2.46. The van der Waals surface area contributed by atoms with Gasteiger partial charge in [0.2, 0.25) is 0 Å². The number of hydrogen-bond acceptors (Lipinski definition) is 3. The van der Waals surface area contributed by atoms with Crippen LogP contribution in [0.2, 0.25) is 0 Å². The van der Waals surface area contributed by atoms with Gasteiger partial charge < -0.3 is 9.73 Å². The minimum absolute atomic E-state index is 0.118. The molecule has 0 bridgehead atoms. The van der Waals surface area contributed by atoms with Gasteiger partial charge in [-0.3, -0.25) is 4.98 Å². The predicted octanol–water partition coefficient (Wildman–Crippen LogP) is 3.92. The molecule has 0 saturated heterocycles. The third-order valence-electron chi connectivity index (χ3n) is 3.44. The van der Waals surface area contributed by atoms with Crippen LogP contribution in [0.4, 0.5) is 0 Å².